The van der Waals surface area contributed by atoms with E-state index in [1.54, 1.807) is 7.05 Å². The zero-order chi connectivity index (χ0) is 26.6. The summed E-state index contributed by atoms with van der Waals surface area (Å²) in [4.78, 5) is 29.6. The van der Waals surface area contributed by atoms with Gasteiger partial charge in [-0.1, -0.05) is 30.3 Å². The van der Waals surface area contributed by atoms with Gasteiger partial charge in [0.05, 0.1) is 32.9 Å². The molecule has 0 atom stereocenters. The first-order valence-electron chi connectivity index (χ1n) is 11.7. The molecule has 192 valence electrons. The first kappa shape index (κ1) is 26.3. The highest BCUT2D eigenvalue weighted by Gasteiger charge is 2.42. The van der Waals surface area contributed by atoms with Crippen molar-refractivity contribution in [3.63, 3.8) is 0 Å². The third-order valence-corrected chi connectivity index (χ3v) is 7.56. The number of nitro groups is 1. The molecule has 1 aliphatic carbocycles. The maximum atomic E-state index is 14.0. The second-order valence-electron chi connectivity index (χ2n) is 9.14. The van der Waals surface area contributed by atoms with Crippen LogP contribution in [-0.4, -0.2) is 39.5 Å². The van der Waals surface area contributed by atoms with Crippen LogP contribution >= 0.6 is 15.9 Å². The Bertz CT molecular complexity index is 1360. The summed E-state index contributed by atoms with van der Waals surface area (Å²) in [5, 5.41) is 24.9. The average molecular weight is 570 g/mol. The van der Waals surface area contributed by atoms with E-state index in [2.05, 4.69) is 32.3 Å². The lowest BCUT2D eigenvalue weighted by molar-refractivity contribution is -0.384. The highest BCUT2D eigenvalue weighted by atomic mass is 79.9. The van der Waals surface area contributed by atoms with Crippen LogP contribution in [0.5, 0.6) is 0 Å². The molecule has 37 heavy (non-hydrogen) atoms. The zero-order valence-corrected chi connectivity index (χ0v) is 21.7. The van der Waals surface area contributed by atoms with Crippen LogP contribution in [0.1, 0.15) is 37.7 Å². The molecule has 0 radical (unpaired) electrons. The smallest absolute Gasteiger partial charge is 0.410 e. The monoisotopic (exact) mass is 569 g/mol. The molecule has 1 saturated carbocycles. The van der Waals surface area contributed by atoms with E-state index < -0.39 is 22.4 Å². The van der Waals surface area contributed by atoms with Crippen molar-refractivity contribution in [2.24, 2.45) is 0 Å². The number of carbonyl (C=O) groups is 1. The van der Waals surface area contributed by atoms with E-state index in [1.165, 1.54) is 17.0 Å². The minimum absolute atomic E-state index is 0.131. The van der Waals surface area contributed by atoms with Gasteiger partial charge in [0.2, 0.25) is 0 Å². The molecular weight excluding hydrogens is 545 g/mol. The van der Waals surface area contributed by atoms with Gasteiger partial charge in [-0.15, -0.1) is 0 Å². The average Bonchev–Trinajstić information content (AvgIpc) is 2.89. The number of ether oxygens (including phenoxy) is 1. The van der Waals surface area contributed by atoms with Gasteiger partial charge in [-0.3, -0.25) is 10.1 Å². The van der Waals surface area contributed by atoms with E-state index >= 15 is 0 Å². The van der Waals surface area contributed by atoms with Gasteiger partial charge in [-0.25, -0.2) is 14.2 Å². The minimum atomic E-state index is -0.709. The molecule has 0 unspecified atom stereocenters. The van der Waals surface area contributed by atoms with Crippen molar-refractivity contribution in [3.05, 3.63) is 74.6 Å². The molecule has 0 bridgehead atoms. The van der Waals surface area contributed by atoms with Crippen LogP contribution in [0, 0.1) is 27.3 Å². The van der Waals surface area contributed by atoms with E-state index in [1.807, 2.05) is 30.3 Å². The van der Waals surface area contributed by atoms with Gasteiger partial charge < -0.3 is 15.0 Å². The van der Waals surface area contributed by atoms with Crippen molar-refractivity contribution < 1.29 is 18.8 Å². The van der Waals surface area contributed by atoms with Crippen LogP contribution in [0.3, 0.4) is 0 Å². The molecule has 1 heterocycles. The van der Waals surface area contributed by atoms with Crippen molar-refractivity contribution in [2.75, 3.05) is 12.4 Å². The summed E-state index contributed by atoms with van der Waals surface area (Å²) in [7, 11) is 1.64. The van der Waals surface area contributed by atoms with Gasteiger partial charge >= 0.3 is 11.8 Å². The van der Waals surface area contributed by atoms with E-state index in [0.29, 0.717) is 36.6 Å². The number of anilines is 1. The van der Waals surface area contributed by atoms with E-state index in [4.69, 9.17) is 4.74 Å². The topological polar surface area (TPSA) is 121 Å². The number of fused-ring (bicyclic) bond motifs is 1. The number of halogens is 2. The summed E-state index contributed by atoms with van der Waals surface area (Å²) in [5.41, 5.74) is 0.512. The molecule has 1 aromatic heterocycles. The quantitative estimate of drug-likeness (QED) is 0.261. The summed E-state index contributed by atoms with van der Waals surface area (Å²) < 4.78 is 19.7. The van der Waals surface area contributed by atoms with E-state index in [-0.39, 0.29) is 34.9 Å². The Morgan fingerprint density at radius 3 is 2.70 bits per heavy atom. The Balaban J connectivity index is 1.50. The third-order valence-electron chi connectivity index (χ3n) is 6.95. The fourth-order valence-corrected chi connectivity index (χ4v) is 5.10. The highest BCUT2D eigenvalue weighted by Crippen LogP contribution is 2.40. The number of nitrogens with one attached hydrogen (secondary N) is 1. The largest absolute Gasteiger partial charge is 0.445 e. The summed E-state index contributed by atoms with van der Waals surface area (Å²) in [6.07, 6.45) is 2.88. The molecule has 9 nitrogen and oxygen atoms in total. The Morgan fingerprint density at radius 2 is 2.05 bits per heavy atom. The lowest BCUT2D eigenvalue weighted by atomic mass is 9.76. The second-order valence-corrected chi connectivity index (χ2v) is 9.99. The van der Waals surface area contributed by atoms with Crippen molar-refractivity contribution in [2.45, 2.75) is 50.3 Å². The first-order valence-corrected chi connectivity index (χ1v) is 12.5. The number of pyridine rings is 1. The Hall–Kier alpha value is -3.78. The van der Waals surface area contributed by atoms with Gasteiger partial charge in [0.1, 0.15) is 24.3 Å². The summed E-state index contributed by atoms with van der Waals surface area (Å²) in [6.45, 7) is 0.131. The number of aromatic nitrogens is 1. The Kier molecular flexibility index (Phi) is 7.88. The second kappa shape index (κ2) is 11.1. The van der Waals surface area contributed by atoms with E-state index in [0.717, 1.165) is 11.8 Å². The van der Waals surface area contributed by atoms with Crippen LogP contribution in [-0.2, 0) is 11.3 Å². The number of hydrogen-bond acceptors (Lipinski definition) is 7. The minimum Gasteiger partial charge on any atom is -0.445 e. The Labute approximate surface area is 221 Å². The maximum Gasteiger partial charge on any atom is 0.410 e. The standard InChI is InChI=1S/C26H25BrFN5O4/c1-32(25(34)37-16-17-5-3-2-4-6-17)26(11-12-29)9-7-18(8-10-26)31-24-19-13-20(27)21(28)14-22(19)30-15-23(24)33(35)36/h2-6,13-15,18H,7-11,16H2,1H3,(H,30,31). The molecule has 1 amide bonds. The third kappa shape index (κ3) is 5.64. The number of rotatable bonds is 7. The summed E-state index contributed by atoms with van der Waals surface area (Å²) in [5.74, 6) is -0.513. The fraction of sp³-hybridized carbons (Fsp3) is 0.346. The molecule has 1 N–H and O–H groups in total. The van der Waals surface area contributed by atoms with Crippen LogP contribution < -0.4 is 5.32 Å². The number of amides is 1. The molecule has 1 fully saturated rings. The SMILES string of the molecule is CN(C(=O)OCc1ccccc1)C1(CC#N)CCC(Nc2c([N+](=O)[O-])cnc3cc(F)c(Br)cc23)CC1. The van der Waals surface area contributed by atoms with Gasteiger partial charge in [0.25, 0.3) is 0 Å². The predicted molar refractivity (Wildman–Crippen MR) is 139 cm³/mol. The van der Waals surface area contributed by atoms with Gasteiger partial charge in [0.15, 0.2) is 0 Å². The van der Waals surface area contributed by atoms with Crippen LogP contribution in [0.4, 0.5) is 20.6 Å². The molecule has 4 rings (SSSR count). The summed E-state index contributed by atoms with van der Waals surface area (Å²) >= 11 is 3.15. The van der Waals surface area contributed by atoms with Gasteiger partial charge in [0, 0.05) is 24.5 Å². The van der Waals surface area contributed by atoms with Crippen molar-refractivity contribution in [1.29, 1.82) is 5.26 Å². The zero-order valence-electron chi connectivity index (χ0n) is 20.1. The normalized spacial score (nSPS) is 19.1. The number of benzene rings is 2. The van der Waals surface area contributed by atoms with Crippen LogP contribution in [0.15, 0.2) is 53.1 Å². The number of hydrogen-bond donors (Lipinski definition) is 1. The predicted octanol–water partition coefficient (Wildman–Crippen LogP) is 6.32. The van der Waals surface area contributed by atoms with Crippen molar-refractivity contribution in [1.82, 2.24) is 9.88 Å². The van der Waals surface area contributed by atoms with Crippen LogP contribution in [0.25, 0.3) is 10.9 Å². The lowest BCUT2D eigenvalue weighted by Crippen LogP contribution is -2.53. The van der Waals surface area contributed by atoms with Gasteiger partial charge in [-0.2, -0.15) is 5.26 Å². The maximum absolute atomic E-state index is 14.0. The molecule has 3 aromatic rings. The van der Waals surface area contributed by atoms with E-state index in [9.17, 15) is 24.6 Å². The van der Waals surface area contributed by atoms with Crippen molar-refractivity contribution >= 4 is 44.3 Å². The molecule has 0 saturated heterocycles. The Morgan fingerprint density at radius 1 is 1.35 bits per heavy atom. The molecule has 11 heteroatoms. The molecule has 0 spiro atoms. The van der Waals surface area contributed by atoms with Crippen molar-refractivity contribution in [3.8, 4) is 6.07 Å². The first-order chi connectivity index (χ1) is 17.7. The molecule has 0 aliphatic heterocycles. The molecule has 1 aliphatic rings. The van der Waals surface area contributed by atoms with Crippen LogP contribution in [0.2, 0.25) is 0 Å². The number of carbonyl (C=O) groups excluding carboxylic acids is 1. The molecule has 2 aromatic carbocycles. The molecular formula is C26H25BrFN5O4. The number of nitrogens with zero attached hydrogens (tertiary/aromatic N) is 4. The highest BCUT2D eigenvalue weighted by molar-refractivity contribution is 9.10. The lowest BCUT2D eigenvalue weighted by Gasteiger charge is -2.44. The van der Waals surface area contributed by atoms with Gasteiger partial charge in [-0.05, 0) is 53.2 Å². The number of nitriles is 1. The fourth-order valence-electron chi connectivity index (χ4n) is 4.76. The summed E-state index contributed by atoms with van der Waals surface area (Å²) in [6, 6.07) is 14.1.